The fourth-order valence-corrected chi connectivity index (χ4v) is 2.39. The summed E-state index contributed by atoms with van der Waals surface area (Å²) in [6.07, 6.45) is 0. The lowest BCUT2D eigenvalue weighted by Gasteiger charge is -2.20. The quantitative estimate of drug-likeness (QED) is 0.680. The maximum absolute atomic E-state index is 12.9. The van der Waals surface area contributed by atoms with Crippen molar-refractivity contribution in [3.63, 3.8) is 0 Å². The van der Waals surface area contributed by atoms with Gasteiger partial charge < -0.3 is 20.6 Å². The molecule has 0 aromatic heterocycles. The van der Waals surface area contributed by atoms with Gasteiger partial charge in [0.2, 0.25) is 0 Å². The van der Waals surface area contributed by atoms with Gasteiger partial charge in [0, 0.05) is 31.4 Å². The summed E-state index contributed by atoms with van der Waals surface area (Å²) in [6.45, 7) is 1.90. The number of urea groups is 1. The Morgan fingerprint density at radius 3 is 2.25 bits per heavy atom. The van der Waals surface area contributed by atoms with Crippen LogP contribution < -0.4 is 10.6 Å². The topological polar surface area (TPSA) is 98.7 Å². The van der Waals surface area contributed by atoms with Crippen LogP contribution in [0.3, 0.4) is 0 Å². The third kappa shape index (κ3) is 6.08. The van der Waals surface area contributed by atoms with E-state index < -0.39 is 17.7 Å². The van der Waals surface area contributed by atoms with Gasteiger partial charge in [-0.1, -0.05) is 19.1 Å². The molecule has 0 aliphatic carbocycles. The Labute approximate surface area is 162 Å². The second kappa shape index (κ2) is 9.50. The molecule has 28 heavy (non-hydrogen) atoms. The van der Waals surface area contributed by atoms with E-state index in [-0.39, 0.29) is 25.0 Å². The van der Waals surface area contributed by atoms with E-state index in [1.165, 1.54) is 43.1 Å². The molecule has 0 aliphatic rings. The van der Waals surface area contributed by atoms with Crippen molar-refractivity contribution < 1.29 is 23.9 Å². The molecule has 0 bridgehead atoms. The van der Waals surface area contributed by atoms with Crippen molar-refractivity contribution in [2.24, 2.45) is 5.92 Å². The molecule has 7 nitrogen and oxygen atoms in total. The van der Waals surface area contributed by atoms with Crippen LogP contribution in [0.5, 0.6) is 0 Å². The van der Waals surface area contributed by atoms with Gasteiger partial charge in [-0.15, -0.1) is 0 Å². The van der Waals surface area contributed by atoms with Gasteiger partial charge in [-0.3, -0.25) is 9.59 Å². The number of carboxylic acids is 1. The van der Waals surface area contributed by atoms with E-state index >= 15 is 0 Å². The second-order valence-electron chi connectivity index (χ2n) is 6.44. The lowest BCUT2D eigenvalue weighted by molar-refractivity contribution is -0.141. The Morgan fingerprint density at radius 1 is 1.07 bits per heavy atom. The van der Waals surface area contributed by atoms with Crippen LogP contribution in [0.2, 0.25) is 0 Å². The molecule has 0 saturated heterocycles. The molecule has 1 unspecified atom stereocenters. The number of amides is 3. The summed E-state index contributed by atoms with van der Waals surface area (Å²) >= 11 is 0. The summed E-state index contributed by atoms with van der Waals surface area (Å²) in [5.41, 5.74) is 1.72. The maximum atomic E-state index is 12.9. The van der Waals surface area contributed by atoms with Gasteiger partial charge in [-0.2, -0.15) is 0 Å². The Morgan fingerprint density at radius 2 is 1.68 bits per heavy atom. The molecule has 3 N–H and O–H groups in total. The highest BCUT2D eigenvalue weighted by molar-refractivity contribution is 6.04. The molecule has 2 rings (SSSR count). The van der Waals surface area contributed by atoms with Gasteiger partial charge in [-0.05, 0) is 42.0 Å². The predicted molar refractivity (Wildman–Crippen MR) is 102 cm³/mol. The van der Waals surface area contributed by atoms with Crippen molar-refractivity contribution in [1.82, 2.24) is 10.2 Å². The molecule has 3 amide bonds. The summed E-state index contributed by atoms with van der Waals surface area (Å²) < 4.78 is 12.9. The summed E-state index contributed by atoms with van der Waals surface area (Å²) in [5.74, 6) is -2.38. The van der Waals surface area contributed by atoms with Crippen molar-refractivity contribution >= 4 is 23.6 Å². The molecule has 148 valence electrons. The standard InChI is InChI=1S/C20H22FN3O4/c1-13(19(26)27)12-24(2)20(28)22-11-14-3-9-17(10-4-14)23-18(25)15-5-7-16(21)8-6-15/h3-10,13H,11-12H2,1-2H3,(H,22,28)(H,23,25)(H,26,27). The second-order valence-corrected chi connectivity index (χ2v) is 6.44. The summed E-state index contributed by atoms with van der Waals surface area (Å²) in [6, 6.07) is 11.7. The summed E-state index contributed by atoms with van der Waals surface area (Å²) in [5, 5.41) is 14.3. The number of halogens is 1. The summed E-state index contributed by atoms with van der Waals surface area (Å²) in [7, 11) is 1.53. The molecule has 8 heteroatoms. The van der Waals surface area contributed by atoms with Gasteiger partial charge >= 0.3 is 12.0 Å². The largest absolute Gasteiger partial charge is 0.481 e. The Balaban J connectivity index is 1.85. The van der Waals surface area contributed by atoms with Crippen molar-refractivity contribution in [3.05, 3.63) is 65.5 Å². The molecule has 2 aromatic carbocycles. The smallest absolute Gasteiger partial charge is 0.317 e. The molecule has 0 aliphatic heterocycles. The first-order valence-corrected chi connectivity index (χ1v) is 8.64. The zero-order valence-corrected chi connectivity index (χ0v) is 15.6. The number of nitrogens with one attached hydrogen (secondary N) is 2. The van der Waals surface area contributed by atoms with Crippen molar-refractivity contribution in [3.8, 4) is 0 Å². The lowest BCUT2D eigenvalue weighted by atomic mass is 10.1. The SMILES string of the molecule is CC(CN(C)C(=O)NCc1ccc(NC(=O)c2ccc(F)cc2)cc1)C(=O)O. The molecule has 0 saturated carbocycles. The number of rotatable bonds is 7. The Kier molecular flexibility index (Phi) is 7.08. The molecule has 0 heterocycles. The minimum absolute atomic E-state index is 0.107. The first-order chi connectivity index (χ1) is 13.3. The number of hydrogen-bond acceptors (Lipinski definition) is 3. The first-order valence-electron chi connectivity index (χ1n) is 8.64. The van der Waals surface area contributed by atoms with Crippen LogP contribution in [0.15, 0.2) is 48.5 Å². The molecule has 0 radical (unpaired) electrons. The number of benzene rings is 2. The van der Waals surface area contributed by atoms with Crippen LogP contribution in [0, 0.1) is 11.7 Å². The monoisotopic (exact) mass is 387 g/mol. The lowest BCUT2D eigenvalue weighted by Crippen LogP contribution is -2.40. The van der Waals surface area contributed by atoms with Crippen LogP contribution >= 0.6 is 0 Å². The maximum Gasteiger partial charge on any atom is 0.317 e. The van der Waals surface area contributed by atoms with E-state index in [2.05, 4.69) is 10.6 Å². The van der Waals surface area contributed by atoms with Gasteiger partial charge in [-0.25, -0.2) is 9.18 Å². The van der Waals surface area contributed by atoms with Crippen molar-refractivity contribution in [1.29, 1.82) is 0 Å². The highest BCUT2D eigenvalue weighted by Crippen LogP contribution is 2.12. The minimum atomic E-state index is -0.960. The average Bonchev–Trinajstić information content (AvgIpc) is 2.67. The van der Waals surface area contributed by atoms with E-state index in [0.29, 0.717) is 11.3 Å². The van der Waals surface area contributed by atoms with Crippen molar-refractivity contribution in [2.75, 3.05) is 18.9 Å². The normalized spacial score (nSPS) is 11.4. The zero-order valence-electron chi connectivity index (χ0n) is 15.6. The van der Waals surface area contributed by atoms with Gasteiger partial charge in [0.1, 0.15) is 5.82 Å². The van der Waals surface area contributed by atoms with Crippen LogP contribution in [0.25, 0.3) is 0 Å². The highest BCUT2D eigenvalue weighted by Gasteiger charge is 2.17. The van der Waals surface area contributed by atoms with Crippen LogP contribution in [-0.4, -0.2) is 41.5 Å². The fraction of sp³-hybridized carbons (Fsp3) is 0.250. The number of carbonyl (C=O) groups excluding carboxylic acids is 2. The predicted octanol–water partition coefficient (Wildman–Crippen LogP) is 2.94. The minimum Gasteiger partial charge on any atom is -0.481 e. The molecule has 1 atom stereocenters. The number of carboxylic acid groups (broad SMARTS) is 1. The fourth-order valence-electron chi connectivity index (χ4n) is 2.39. The first kappa shape index (κ1) is 20.9. The summed E-state index contributed by atoms with van der Waals surface area (Å²) in [4.78, 5) is 36.3. The van der Waals surface area contributed by atoms with Gasteiger partial charge in [0.25, 0.3) is 5.91 Å². The van der Waals surface area contributed by atoms with Gasteiger partial charge in [0.15, 0.2) is 0 Å². The highest BCUT2D eigenvalue weighted by atomic mass is 19.1. The number of hydrogen-bond donors (Lipinski definition) is 3. The molecule has 0 fully saturated rings. The number of nitrogens with zero attached hydrogens (tertiary/aromatic N) is 1. The zero-order chi connectivity index (χ0) is 20.7. The van der Waals surface area contributed by atoms with E-state index in [1.54, 1.807) is 24.3 Å². The number of carbonyl (C=O) groups is 3. The molecular weight excluding hydrogens is 365 g/mol. The van der Waals surface area contributed by atoms with Gasteiger partial charge in [0.05, 0.1) is 5.92 Å². The van der Waals surface area contributed by atoms with Crippen molar-refractivity contribution in [2.45, 2.75) is 13.5 Å². The third-order valence-electron chi connectivity index (χ3n) is 4.08. The molecular formula is C20H22FN3O4. The molecule has 2 aromatic rings. The van der Waals surface area contributed by atoms with E-state index in [9.17, 15) is 18.8 Å². The van der Waals surface area contributed by atoms with E-state index in [4.69, 9.17) is 5.11 Å². The Bertz CT molecular complexity index is 838. The van der Waals surface area contributed by atoms with E-state index in [1.807, 2.05) is 0 Å². The molecule has 0 spiro atoms. The van der Waals surface area contributed by atoms with Crippen LogP contribution in [0.4, 0.5) is 14.9 Å². The van der Waals surface area contributed by atoms with Crippen LogP contribution in [-0.2, 0) is 11.3 Å². The van der Waals surface area contributed by atoms with Crippen LogP contribution in [0.1, 0.15) is 22.8 Å². The number of anilines is 1. The average molecular weight is 387 g/mol. The van der Waals surface area contributed by atoms with E-state index in [0.717, 1.165) is 5.56 Å². The Hall–Kier alpha value is -3.42. The number of aliphatic carboxylic acids is 1. The third-order valence-corrected chi connectivity index (χ3v) is 4.08.